The van der Waals surface area contributed by atoms with Crippen LogP contribution in [0.15, 0.2) is 11.6 Å². The van der Waals surface area contributed by atoms with E-state index < -0.39 is 0 Å². The lowest BCUT2D eigenvalue weighted by Crippen LogP contribution is -2.09. The van der Waals surface area contributed by atoms with Crippen molar-refractivity contribution < 1.29 is 0 Å². The van der Waals surface area contributed by atoms with Crippen LogP contribution in [0.5, 0.6) is 0 Å². The molecule has 0 heterocycles. The molecule has 0 aromatic heterocycles. The van der Waals surface area contributed by atoms with Crippen LogP contribution in [0.4, 0.5) is 0 Å². The highest BCUT2D eigenvalue weighted by molar-refractivity contribution is 5.32. The zero-order valence-electron chi connectivity index (χ0n) is 5.57. The molecule has 0 aliphatic heterocycles. The van der Waals surface area contributed by atoms with Crippen LogP contribution in [0, 0.1) is 11.3 Å². The molecule has 0 nitrogen and oxygen atoms in total. The molecule has 0 amide bonds. The predicted octanol–water partition coefficient (Wildman–Crippen LogP) is 2.36. The van der Waals surface area contributed by atoms with Crippen molar-refractivity contribution in [1.29, 1.82) is 0 Å². The van der Waals surface area contributed by atoms with Gasteiger partial charge in [-0.3, -0.25) is 0 Å². The van der Waals surface area contributed by atoms with Crippen molar-refractivity contribution in [3.63, 3.8) is 0 Å². The highest BCUT2D eigenvalue weighted by Gasteiger charge is 2.46. The van der Waals surface area contributed by atoms with Gasteiger partial charge in [-0.1, -0.05) is 25.5 Å². The van der Waals surface area contributed by atoms with Gasteiger partial charge in [0.15, 0.2) is 0 Å². The van der Waals surface area contributed by atoms with E-state index in [1.165, 1.54) is 12.8 Å². The summed E-state index contributed by atoms with van der Waals surface area (Å²) >= 11 is 0. The molecular formula is C8H12. The molecule has 1 unspecified atom stereocenters. The minimum atomic E-state index is 0.634. The van der Waals surface area contributed by atoms with Crippen molar-refractivity contribution in [1.82, 2.24) is 0 Å². The summed E-state index contributed by atoms with van der Waals surface area (Å²) in [5.74, 6) is 0.988. The van der Waals surface area contributed by atoms with Crippen LogP contribution in [0.3, 0.4) is 0 Å². The average molecular weight is 108 g/mol. The molecule has 2 aliphatic carbocycles. The fourth-order valence-electron chi connectivity index (χ4n) is 1.72. The summed E-state index contributed by atoms with van der Waals surface area (Å²) in [7, 11) is 0. The van der Waals surface area contributed by atoms with Crippen LogP contribution in [0.1, 0.15) is 26.7 Å². The molecular weight excluding hydrogens is 96.1 g/mol. The first kappa shape index (κ1) is 4.60. The van der Waals surface area contributed by atoms with Crippen molar-refractivity contribution in [2.75, 3.05) is 0 Å². The Kier molecular flexibility index (Phi) is 0.588. The molecule has 0 spiro atoms. The van der Waals surface area contributed by atoms with Crippen molar-refractivity contribution >= 4 is 0 Å². The summed E-state index contributed by atoms with van der Waals surface area (Å²) in [6, 6.07) is 0. The third kappa shape index (κ3) is 0.410. The van der Waals surface area contributed by atoms with Crippen molar-refractivity contribution in [2.45, 2.75) is 26.7 Å². The zero-order chi connectivity index (χ0) is 5.78. The van der Waals surface area contributed by atoms with E-state index in [0.717, 1.165) is 5.92 Å². The van der Waals surface area contributed by atoms with Gasteiger partial charge in [-0.25, -0.2) is 0 Å². The van der Waals surface area contributed by atoms with E-state index in [9.17, 15) is 0 Å². The standard InChI is InChI=1S/C8H12/c1-8(2)4-3-6-5-7(6)8/h3,7H,4-5H2,1-2H3. The second kappa shape index (κ2) is 1.02. The molecule has 2 aliphatic rings. The highest BCUT2D eigenvalue weighted by atomic mass is 14.5. The Labute approximate surface area is 50.6 Å². The van der Waals surface area contributed by atoms with E-state index in [4.69, 9.17) is 0 Å². The van der Waals surface area contributed by atoms with E-state index in [2.05, 4.69) is 19.9 Å². The van der Waals surface area contributed by atoms with Crippen molar-refractivity contribution in [2.24, 2.45) is 11.3 Å². The Morgan fingerprint density at radius 1 is 1.62 bits per heavy atom. The molecule has 0 N–H and O–H groups in total. The van der Waals surface area contributed by atoms with Gasteiger partial charge in [0.05, 0.1) is 0 Å². The third-order valence-electron chi connectivity index (χ3n) is 2.56. The van der Waals surface area contributed by atoms with E-state index in [1.807, 2.05) is 0 Å². The summed E-state index contributed by atoms with van der Waals surface area (Å²) in [5, 5.41) is 0. The summed E-state index contributed by atoms with van der Waals surface area (Å²) in [5.41, 5.74) is 2.37. The van der Waals surface area contributed by atoms with E-state index in [-0.39, 0.29) is 0 Å². The first-order valence-electron chi connectivity index (χ1n) is 3.39. The predicted molar refractivity (Wildman–Crippen MR) is 34.6 cm³/mol. The van der Waals surface area contributed by atoms with Crippen LogP contribution < -0.4 is 0 Å². The maximum Gasteiger partial charge on any atom is -0.0111 e. The number of fused-ring (bicyclic) bond motifs is 1. The SMILES string of the molecule is CC1(C)CC=C2CC21. The summed E-state index contributed by atoms with van der Waals surface area (Å²) < 4.78 is 0. The minimum absolute atomic E-state index is 0.634. The maximum atomic E-state index is 2.42. The fraction of sp³-hybridized carbons (Fsp3) is 0.750. The van der Waals surface area contributed by atoms with Crippen LogP contribution in [0.2, 0.25) is 0 Å². The molecule has 1 fully saturated rings. The monoisotopic (exact) mass is 108 g/mol. The maximum absolute atomic E-state index is 2.42. The molecule has 0 radical (unpaired) electrons. The van der Waals surface area contributed by atoms with Gasteiger partial charge in [0.25, 0.3) is 0 Å². The molecule has 0 aromatic carbocycles. The Morgan fingerprint density at radius 2 is 2.38 bits per heavy atom. The largest absolute Gasteiger partial charge is 0.0844 e. The van der Waals surface area contributed by atoms with Gasteiger partial charge < -0.3 is 0 Å². The third-order valence-corrected chi connectivity index (χ3v) is 2.56. The summed E-state index contributed by atoms with van der Waals surface area (Å²) in [6.45, 7) is 4.74. The zero-order valence-corrected chi connectivity index (χ0v) is 5.57. The Hall–Kier alpha value is -0.260. The molecule has 0 bridgehead atoms. The molecule has 0 aromatic rings. The minimum Gasteiger partial charge on any atom is -0.0844 e. The quantitative estimate of drug-likeness (QED) is 0.418. The molecule has 8 heavy (non-hydrogen) atoms. The van der Waals surface area contributed by atoms with Gasteiger partial charge in [-0.2, -0.15) is 0 Å². The smallest absolute Gasteiger partial charge is 0.0111 e. The van der Waals surface area contributed by atoms with Gasteiger partial charge in [-0.15, -0.1) is 0 Å². The lowest BCUT2D eigenvalue weighted by atomic mass is 9.87. The van der Waals surface area contributed by atoms with Crippen LogP contribution in [-0.2, 0) is 0 Å². The van der Waals surface area contributed by atoms with E-state index in [0.29, 0.717) is 5.41 Å². The lowest BCUT2D eigenvalue weighted by molar-refractivity contribution is 0.339. The van der Waals surface area contributed by atoms with Crippen LogP contribution in [-0.4, -0.2) is 0 Å². The van der Waals surface area contributed by atoms with E-state index in [1.54, 1.807) is 5.57 Å². The van der Waals surface area contributed by atoms with Gasteiger partial charge in [-0.05, 0) is 24.2 Å². The van der Waals surface area contributed by atoms with Crippen LogP contribution >= 0.6 is 0 Å². The summed E-state index contributed by atoms with van der Waals surface area (Å²) in [6.07, 6.45) is 5.16. The van der Waals surface area contributed by atoms with Gasteiger partial charge in [0.2, 0.25) is 0 Å². The number of rotatable bonds is 0. The molecule has 0 heteroatoms. The molecule has 0 saturated heterocycles. The average Bonchev–Trinajstić information content (AvgIpc) is 2.34. The number of allylic oxidation sites excluding steroid dienone is 2. The topological polar surface area (TPSA) is 0 Å². The lowest BCUT2D eigenvalue weighted by Gasteiger charge is -2.17. The van der Waals surface area contributed by atoms with Crippen molar-refractivity contribution in [3.8, 4) is 0 Å². The van der Waals surface area contributed by atoms with E-state index >= 15 is 0 Å². The number of hydrogen-bond acceptors (Lipinski definition) is 0. The number of hydrogen-bond donors (Lipinski definition) is 0. The molecule has 1 saturated carbocycles. The first-order valence-corrected chi connectivity index (χ1v) is 3.39. The van der Waals surface area contributed by atoms with Gasteiger partial charge in [0.1, 0.15) is 0 Å². The second-order valence-electron chi connectivity index (χ2n) is 3.73. The Balaban J connectivity index is 2.28. The second-order valence-corrected chi connectivity index (χ2v) is 3.73. The molecule has 2 rings (SSSR count). The van der Waals surface area contributed by atoms with Gasteiger partial charge in [0, 0.05) is 0 Å². The Bertz CT molecular complexity index is 151. The fourth-order valence-corrected chi connectivity index (χ4v) is 1.72. The van der Waals surface area contributed by atoms with Crippen LogP contribution in [0.25, 0.3) is 0 Å². The summed E-state index contributed by atoms with van der Waals surface area (Å²) in [4.78, 5) is 0. The first-order chi connectivity index (χ1) is 3.70. The molecule has 1 atom stereocenters. The van der Waals surface area contributed by atoms with Crippen molar-refractivity contribution in [3.05, 3.63) is 11.6 Å². The normalized spacial score (nSPS) is 38.8. The Morgan fingerprint density at radius 3 is 2.50 bits per heavy atom. The molecule has 44 valence electrons. The highest BCUT2D eigenvalue weighted by Crippen LogP contribution is 2.57. The van der Waals surface area contributed by atoms with Gasteiger partial charge >= 0.3 is 0 Å².